The molecule has 1 amide bonds. The number of allylic oxidation sites excluding steroid dienone is 1. The summed E-state index contributed by atoms with van der Waals surface area (Å²) < 4.78 is 34.2. The number of aliphatic hydroxyl groups excluding tert-OH is 11. The predicted molar refractivity (Wildman–Crippen MR) is 305 cm³/mol. The van der Waals surface area contributed by atoms with Crippen molar-refractivity contribution >= 4 is 5.91 Å². The number of unbranched alkanes of at least 4 members (excludes halogenated alkanes) is 32. The molecular formula is C61H115NO18. The lowest BCUT2D eigenvalue weighted by Crippen LogP contribution is -2.66. The zero-order chi connectivity index (χ0) is 58.3. The molecule has 80 heavy (non-hydrogen) atoms. The molecule has 19 heteroatoms. The molecule has 0 radical (unpaired) electrons. The lowest BCUT2D eigenvalue weighted by Gasteiger charge is -2.48. The third kappa shape index (κ3) is 28.2. The van der Waals surface area contributed by atoms with Crippen LogP contribution in [0.25, 0.3) is 0 Å². The molecule has 0 aromatic heterocycles. The van der Waals surface area contributed by atoms with Gasteiger partial charge in [0.05, 0.1) is 38.6 Å². The summed E-state index contributed by atoms with van der Waals surface area (Å²) in [5.74, 6) is -0.274. The van der Waals surface area contributed by atoms with Crippen LogP contribution in [0.5, 0.6) is 0 Å². The third-order valence-electron chi connectivity index (χ3n) is 16.3. The SMILES string of the molecule is CCCCCCCC/C=C/C(O)C(COC1OC(CO)C(OC2OC(CO)C(OC3OC(CO)C(O)C(O)C3O)C(O)C2O)C(O)C1O)NC(=O)CCCCCCCCCCCCCCCCCCCCCCCCCCCCC. The second kappa shape index (κ2) is 44.9. The van der Waals surface area contributed by atoms with E-state index in [1.54, 1.807) is 6.08 Å². The van der Waals surface area contributed by atoms with Crippen molar-refractivity contribution in [2.45, 2.75) is 343 Å². The van der Waals surface area contributed by atoms with E-state index >= 15 is 0 Å². The van der Waals surface area contributed by atoms with Gasteiger partial charge in [-0.25, -0.2) is 0 Å². The molecule has 472 valence electrons. The first-order valence-electron chi connectivity index (χ1n) is 31.9. The zero-order valence-electron chi connectivity index (χ0n) is 49.3. The van der Waals surface area contributed by atoms with Gasteiger partial charge >= 0.3 is 0 Å². The molecule has 3 heterocycles. The highest BCUT2D eigenvalue weighted by Gasteiger charge is 2.53. The van der Waals surface area contributed by atoms with Crippen LogP contribution in [0.3, 0.4) is 0 Å². The van der Waals surface area contributed by atoms with Gasteiger partial charge in [0.25, 0.3) is 0 Å². The molecule has 3 saturated heterocycles. The van der Waals surface area contributed by atoms with E-state index in [-0.39, 0.29) is 18.9 Å². The zero-order valence-corrected chi connectivity index (χ0v) is 49.3. The minimum atomic E-state index is -1.97. The summed E-state index contributed by atoms with van der Waals surface area (Å²) >= 11 is 0. The molecule has 3 aliphatic heterocycles. The van der Waals surface area contributed by atoms with Crippen molar-refractivity contribution in [2.75, 3.05) is 26.4 Å². The Morgan fingerprint density at radius 2 is 0.775 bits per heavy atom. The number of carbonyl (C=O) groups is 1. The summed E-state index contributed by atoms with van der Waals surface area (Å²) in [6.07, 6.45) is 19.6. The molecule has 19 nitrogen and oxygen atoms in total. The minimum absolute atomic E-state index is 0.249. The van der Waals surface area contributed by atoms with Gasteiger partial charge in [-0.15, -0.1) is 0 Å². The minimum Gasteiger partial charge on any atom is -0.394 e. The summed E-state index contributed by atoms with van der Waals surface area (Å²) in [4.78, 5) is 13.3. The summed E-state index contributed by atoms with van der Waals surface area (Å²) in [5, 5.41) is 120. The van der Waals surface area contributed by atoms with E-state index in [1.165, 1.54) is 161 Å². The van der Waals surface area contributed by atoms with Gasteiger partial charge in [-0.3, -0.25) is 4.79 Å². The third-order valence-corrected chi connectivity index (χ3v) is 16.3. The predicted octanol–water partition coefficient (Wildman–Crippen LogP) is 6.55. The standard InChI is InChI=1S/C61H115NO18/c1-3-5-7-9-11-13-14-15-16-17-18-19-20-21-22-23-24-25-26-27-28-29-30-31-33-35-37-39-49(67)62-44(45(66)38-36-34-32-12-10-8-6-4-2)43-75-59-55(73)52(70)57(47(41-64)77-59)80-61-56(74)53(71)58(48(42-65)78-61)79-60-54(72)51(69)50(68)46(40-63)76-60/h36,38,44-48,50-61,63-66,68-74H,3-35,37,39-43H2,1-2H3,(H,62,67)/b38-36+. The van der Waals surface area contributed by atoms with Crippen molar-refractivity contribution in [1.82, 2.24) is 5.32 Å². The fourth-order valence-electron chi connectivity index (χ4n) is 11.1. The second-order valence-corrected chi connectivity index (χ2v) is 23.2. The monoisotopic (exact) mass is 1150 g/mol. The highest BCUT2D eigenvalue weighted by molar-refractivity contribution is 5.76. The van der Waals surface area contributed by atoms with Crippen LogP contribution in [0.4, 0.5) is 0 Å². The van der Waals surface area contributed by atoms with Gasteiger partial charge < -0.3 is 89.9 Å². The van der Waals surface area contributed by atoms with Gasteiger partial charge in [0.15, 0.2) is 18.9 Å². The summed E-state index contributed by atoms with van der Waals surface area (Å²) in [6, 6.07) is -0.965. The second-order valence-electron chi connectivity index (χ2n) is 23.2. The number of hydrogen-bond acceptors (Lipinski definition) is 18. The molecule has 0 spiro atoms. The van der Waals surface area contributed by atoms with E-state index in [9.17, 15) is 61.0 Å². The van der Waals surface area contributed by atoms with Crippen LogP contribution in [0, 0.1) is 0 Å². The molecule has 3 aliphatic rings. The van der Waals surface area contributed by atoms with Gasteiger partial charge in [0.2, 0.25) is 5.91 Å². The average molecular weight is 1150 g/mol. The van der Waals surface area contributed by atoms with Gasteiger partial charge in [-0.1, -0.05) is 225 Å². The topological polar surface area (TPSA) is 307 Å². The van der Waals surface area contributed by atoms with E-state index in [0.717, 1.165) is 51.4 Å². The Morgan fingerprint density at radius 3 is 1.18 bits per heavy atom. The Morgan fingerprint density at radius 1 is 0.438 bits per heavy atom. The van der Waals surface area contributed by atoms with Crippen LogP contribution in [0.15, 0.2) is 12.2 Å². The molecule has 0 aliphatic carbocycles. The first kappa shape index (κ1) is 72.8. The molecule has 17 atom stereocenters. The largest absolute Gasteiger partial charge is 0.394 e. The molecule has 0 aromatic rings. The normalized spacial score (nSPS) is 30.0. The fourth-order valence-corrected chi connectivity index (χ4v) is 11.1. The molecule has 3 rings (SSSR count). The van der Waals surface area contributed by atoms with Crippen LogP contribution in [-0.4, -0.2) is 193 Å². The van der Waals surface area contributed by atoms with Crippen LogP contribution in [0.1, 0.15) is 239 Å². The molecular weight excluding hydrogens is 1030 g/mol. The van der Waals surface area contributed by atoms with Crippen molar-refractivity contribution in [1.29, 1.82) is 0 Å². The maximum Gasteiger partial charge on any atom is 0.220 e. The van der Waals surface area contributed by atoms with E-state index < -0.39 is 124 Å². The Kier molecular flexibility index (Phi) is 40.9. The average Bonchev–Trinajstić information content (AvgIpc) is 3.55. The van der Waals surface area contributed by atoms with Gasteiger partial charge in [-0.05, 0) is 19.3 Å². The van der Waals surface area contributed by atoms with Crippen molar-refractivity contribution in [3.63, 3.8) is 0 Å². The van der Waals surface area contributed by atoms with E-state index in [1.807, 2.05) is 6.08 Å². The van der Waals surface area contributed by atoms with Crippen LogP contribution in [0.2, 0.25) is 0 Å². The first-order valence-corrected chi connectivity index (χ1v) is 31.9. The Labute approximate surface area is 480 Å². The summed E-state index contributed by atoms with van der Waals surface area (Å²) in [7, 11) is 0. The van der Waals surface area contributed by atoms with Crippen LogP contribution >= 0.6 is 0 Å². The Hall–Kier alpha value is -1.47. The smallest absolute Gasteiger partial charge is 0.220 e. The van der Waals surface area contributed by atoms with Crippen LogP contribution < -0.4 is 5.32 Å². The molecule has 0 saturated carbocycles. The van der Waals surface area contributed by atoms with Crippen molar-refractivity contribution < 1.29 is 89.4 Å². The summed E-state index contributed by atoms with van der Waals surface area (Å²) in [6.45, 7) is 1.69. The maximum absolute atomic E-state index is 13.3. The highest BCUT2D eigenvalue weighted by Crippen LogP contribution is 2.33. The van der Waals surface area contributed by atoms with E-state index in [4.69, 9.17) is 28.4 Å². The van der Waals surface area contributed by atoms with E-state index in [0.29, 0.717) is 6.42 Å². The van der Waals surface area contributed by atoms with Crippen LogP contribution in [-0.2, 0) is 33.2 Å². The highest BCUT2D eigenvalue weighted by atomic mass is 16.8. The lowest BCUT2D eigenvalue weighted by atomic mass is 9.96. The van der Waals surface area contributed by atoms with Gasteiger partial charge in [0, 0.05) is 6.42 Å². The lowest BCUT2D eigenvalue weighted by molar-refractivity contribution is -0.379. The molecule has 17 unspecified atom stereocenters. The van der Waals surface area contributed by atoms with Crippen molar-refractivity contribution in [3.05, 3.63) is 12.2 Å². The molecule has 0 aromatic carbocycles. The summed E-state index contributed by atoms with van der Waals surface area (Å²) in [5.41, 5.74) is 0. The number of rotatable bonds is 48. The number of nitrogens with one attached hydrogen (secondary N) is 1. The number of ether oxygens (including phenoxy) is 6. The van der Waals surface area contributed by atoms with Gasteiger partial charge in [0.1, 0.15) is 73.2 Å². The van der Waals surface area contributed by atoms with Gasteiger partial charge in [-0.2, -0.15) is 0 Å². The van der Waals surface area contributed by atoms with Crippen molar-refractivity contribution in [2.24, 2.45) is 0 Å². The number of aliphatic hydroxyl groups is 11. The molecule has 0 bridgehead atoms. The quantitative estimate of drug-likeness (QED) is 0.0227. The molecule has 12 N–H and O–H groups in total. The molecule has 3 fully saturated rings. The number of carbonyl (C=O) groups excluding carboxylic acids is 1. The van der Waals surface area contributed by atoms with Crippen molar-refractivity contribution in [3.8, 4) is 0 Å². The Bertz CT molecular complexity index is 1510. The maximum atomic E-state index is 13.3. The number of amides is 1. The number of hydrogen-bond donors (Lipinski definition) is 12. The Balaban J connectivity index is 1.37. The first-order chi connectivity index (χ1) is 38.8. The fraction of sp³-hybridized carbons (Fsp3) is 0.951. The van der Waals surface area contributed by atoms with E-state index in [2.05, 4.69) is 19.2 Å².